The van der Waals surface area contributed by atoms with Crippen LogP contribution >= 0.6 is 0 Å². The van der Waals surface area contributed by atoms with Gasteiger partial charge in [0.15, 0.2) is 11.5 Å². The summed E-state index contributed by atoms with van der Waals surface area (Å²) in [6.07, 6.45) is 2.98. The molecule has 2 atom stereocenters. The molecule has 46 heavy (non-hydrogen) atoms. The largest absolute Gasteiger partial charge is 0.444 e. The zero-order valence-corrected chi connectivity index (χ0v) is 29.2. The third kappa shape index (κ3) is 7.33. The van der Waals surface area contributed by atoms with Crippen molar-refractivity contribution in [3.63, 3.8) is 0 Å². The van der Waals surface area contributed by atoms with Crippen LogP contribution in [0.15, 0.2) is 30.6 Å². The summed E-state index contributed by atoms with van der Waals surface area (Å²) in [6.45, 7) is 20.1. The zero-order chi connectivity index (χ0) is 33.6. The Morgan fingerprint density at radius 1 is 1.11 bits per heavy atom. The number of anilines is 2. The molecule has 1 fully saturated rings. The molecule has 0 aliphatic carbocycles. The number of nitrogens with one attached hydrogen (secondary N) is 1. The first-order chi connectivity index (χ1) is 21.5. The number of halogens is 1. The van der Waals surface area contributed by atoms with E-state index in [-0.39, 0.29) is 36.2 Å². The fourth-order valence-corrected chi connectivity index (χ4v) is 6.52. The van der Waals surface area contributed by atoms with Gasteiger partial charge < -0.3 is 24.1 Å². The van der Waals surface area contributed by atoms with Crippen molar-refractivity contribution >= 4 is 48.1 Å². The Morgan fingerprint density at radius 2 is 1.80 bits per heavy atom. The molecule has 0 bridgehead atoms. The van der Waals surface area contributed by atoms with Crippen molar-refractivity contribution in [1.29, 1.82) is 0 Å². The average Bonchev–Trinajstić information content (AvgIpc) is 3.52. The van der Waals surface area contributed by atoms with Gasteiger partial charge in [0.05, 0.1) is 34.7 Å². The minimum absolute atomic E-state index is 0.148. The highest BCUT2D eigenvalue weighted by Crippen LogP contribution is 2.32. The molecule has 248 valence electrons. The number of benzene rings is 1. The highest BCUT2D eigenvalue weighted by Gasteiger charge is 2.37. The molecular formula is C32H45FN8O4Si. The lowest BCUT2D eigenvalue weighted by Gasteiger charge is -2.45. The quantitative estimate of drug-likeness (QED) is 0.184. The second-order valence-electron chi connectivity index (χ2n) is 14.4. The Morgan fingerprint density at radius 3 is 2.46 bits per heavy atom. The molecule has 0 unspecified atom stereocenters. The van der Waals surface area contributed by atoms with Gasteiger partial charge in [-0.3, -0.25) is 9.69 Å². The second kappa shape index (κ2) is 12.6. The molecule has 0 saturated carbocycles. The predicted octanol–water partition coefficient (Wildman–Crippen LogP) is 5.93. The highest BCUT2D eigenvalue weighted by atomic mass is 28.3. The molecule has 1 aliphatic rings. The summed E-state index contributed by atoms with van der Waals surface area (Å²) >= 11 is 0. The van der Waals surface area contributed by atoms with Crippen molar-refractivity contribution in [2.24, 2.45) is 0 Å². The minimum Gasteiger partial charge on any atom is -0.444 e. The smallest absolute Gasteiger partial charge is 0.410 e. The maximum absolute atomic E-state index is 14.8. The fourth-order valence-electron chi connectivity index (χ4n) is 5.77. The summed E-state index contributed by atoms with van der Waals surface area (Å²) in [5.41, 5.74) is 2.72. The van der Waals surface area contributed by atoms with E-state index in [0.29, 0.717) is 42.0 Å². The lowest BCUT2D eigenvalue weighted by Crippen LogP contribution is -2.59. The van der Waals surface area contributed by atoms with Gasteiger partial charge in [-0.15, -0.1) is 5.10 Å². The van der Waals surface area contributed by atoms with Gasteiger partial charge in [0, 0.05) is 46.2 Å². The number of aromatic nitrogens is 5. The van der Waals surface area contributed by atoms with Crippen molar-refractivity contribution in [3.8, 4) is 0 Å². The monoisotopic (exact) mass is 652 g/mol. The Hall–Kier alpha value is -4.04. The first-order valence-corrected chi connectivity index (χ1v) is 19.4. The maximum Gasteiger partial charge on any atom is 0.410 e. The van der Waals surface area contributed by atoms with Crippen LogP contribution in [0.25, 0.3) is 16.7 Å². The molecule has 5 rings (SSSR count). The second-order valence-corrected chi connectivity index (χ2v) is 20.0. The van der Waals surface area contributed by atoms with Crippen LogP contribution in [0.3, 0.4) is 0 Å². The number of hydrogen-bond acceptors (Lipinski definition) is 8. The molecule has 4 heterocycles. The Kier molecular flexibility index (Phi) is 9.15. The van der Waals surface area contributed by atoms with Crippen LogP contribution < -0.4 is 10.2 Å². The number of nitrogens with zero attached hydrogens (tertiary/aromatic N) is 7. The van der Waals surface area contributed by atoms with Crippen molar-refractivity contribution in [1.82, 2.24) is 29.3 Å². The summed E-state index contributed by atoms with van der Waals surface area (Å²) in [5.74, 6) is -0.989. The van der Waals surface area contributed by atoms with E-state index >= 15 is 0 Å². The first kappa shape index (κ1) is 33.3. The van der Waals surface area contributed by atoms with Gasteiger partial charge >= 0.3 is 6.09 Å². The maximum atomic E-state index is 14.8. The third-order valence-corrected chi connectivity index (χ3v) is 9.55. The van der Waals surface area contributed by atoms with Crippen LogP contribution in [0.2, 0.25) is 25.7 Å². The lowest BCUT2D eigenvalue weighted by molar-refractivity contribution is 0.00566. The number of rotatable bonds is 8. The van der Waals surface area contributed by atoms with Crippen molar-refractivity contribution in [3.05, 3.63) is 47.7 Å². The van der Waals surface area contributed by atoms with Crippen LogP contribution in [0.5, 0.6) is 0 Å². The van der Waals surface area contributed by atoms with Crippen LogP contribution in [0, 0.1) is 12.7 Å². The van der Waals surface area contributed by atoms with Crippen LogP contribution in [-0.4, -0.2) is 86.7 Å². The topological polar surface area (TPSA) is 119 Å². The fraction of sp³-hybridized carbons (Fsp3) is 0.531. The van der Waals surface area contributed by atoms with E-state index in [1.807, 2.05) is 40.7 Å². The van der Waals surface area contributed by atoms with Crippen molar-refractivity contribution in [2.75, 3.05) is 29.9 Å². The SMILES string of the molecule is Cc1cn2cc(NC(=O)c3ccc(N4C[C@H](C)N(C(=O)OC(C)(C)C)[C@@H](C)C4)c4c3nnn4COCC[Si](C)(C)C)cc(F)c2n1. The number of amides is 2. The van der Waals surface area contributed by atoms with Crippen LogP contribution in [0.4, 0.5) is 20.6 Å². The van der Waals surface area contributed by atoms with Crippen molar-refractivity contribution < 1.29 is 23.5 Å². The molecule has 4 aromatic rings. The van der Waals surface area contributed by atoms with Crippen molar-refractivity contribution in [2.45, 2.75) is 91.6 Å². The molecule has 12 nitrogen and oxygen atoms in total. The summed E-state index contributed by atoms with van der Waals surface area (Å²) in [6, 6.07) is 5.55. The number of carbonyl (C=O) groups excluding carboxylic acids is 2. The molecular weight excluding hydrogens is 607 g/mol. The number of hydrogen-bond donors (Lipinski definition) is 1. The molecule has 1 N–H and O–H groups in total. The standard InChI is InChI=1S/C32H45FN8O4Si/c1-20-15-39-18-23(14-25(33)29(39)34-20)35-30(42)24-10-11-26(28-27(24)36-37-40(28)19-44-12-13-46(7,8)9)38-16-21(2)41(22(3)17-38)31(43)45-32(4,5)6/h10-11,14-15,18,21-22H,12-13,16-17,19H2,1-9H3,(H,35,42)/t21-,22-/m0/s1. The van der Waals surface area contributed by atoms with E-state index in [4.69, 9.17) is 9.47 Å². The number of imidazole rings is 1. The lowest BCUT2D eigenvalue weighted by atomic mass is 10.1. The third-order valence-electron chi connectivity index (χ3n) is 7.84. The Bertz CT molecular complexity index is 1750. The molecule has 14 heteroatoms. The minimum atomic E-state index is -1.30. The van der Waals surface area contributed by atoms with Gasteiger partial charge in [0.1, 0.15) is 23.4 Å². The molecule has 3 aromatic heterocycles. The number of fused-ring (bicyclic) bond motifs is 2. The highest BCUT2D eigenvalue weighted by molar-refractivity contribution is 6.76. The zero-order valence-electron chi connectivity index (χ0n) is 28.2. The first-order valence-electron chi connectivity index (χ1n) is 15.7. The number of pyridine rings is 1. The number of piperazine rings is 1. The number of carbonyl (C=O) groups is 2. The van der Waals surface area contributed by atoms with Gasteiger partial charge in [-0.05, 0) is 59.7 Å². The van der Waals surface area contributed by atoms with E-state index in [0.717, 1.165) is 11.7 Å². The summed E-state index contributed by atoms with van der Waals surface area (Å²) in [7, 11) is -1.30. The average molecular weight is 653 g/mol. The van der Waals surface area contributed by atoms with Gasteiger partial charge in [0.2, 0.25) is 0 Å². The van der Waals surface area contributed by atoms with E-state index in [1.165, 1.54) is 6.07 Å². The van der Waals surface area contributed by atoms with E-state index < -0.39 is 25.4 Å². The molecule has 1 saturated heterocycles. The molecule has 2 amide bonds. The molecule has 1 aliphatic heterocycles. The van der Waals surface area contributed by atoms with Gasteiger partial charge in [-0.2, -0.15) is 0 Å². The molecule has 0 spiro atoms. The van der Waals surface area contributed by atoms with Gasteiger partial charge in [-0.25, -0.2) is 18.9 Å². The molecule has 0 radical (unpaired) electrons. The molecule has 1 aromatic carbocycles. The predicted molar refractivity (Wildman–Crippen MR) is 179 cm³/mol. The van der Waals surface area contributed by atoms with E-state index in [1.54, 1.807) is 39.4 Å². The number of aryl methyl sites for hydroxylation is 1. The summed E-state index contributed by atoms with van der Waals surface area (Å²) in [4.78, 5) is 34.9. The summed E-state index contributed by atoms with van der Waals surface area (Å²) in [5, 5.41) is 11.7. The Balaban J connectivity index is 1.46. The van der Waals surface area contributed by atoms with Crippen LogP contribution in [0.1, 0.15) is 50.7 Å². The number of ether oxygens (including phenoxy) is 2. The normalized spacial score (nSPS) is 17.6. The van der Waals surface area contributed by atoms with Gasteiger partial charge in [-0.1, -0.05) is 24.9 Å². The Labute approximate surface area is 269 Å². The van der Waals surface area contributed by atoms with Gasteiger partial charge in [0.25, 0.3) is 5.91 Å². The summed E-state index contributed by atoms with van der Waals surface area (Å²) < 4.78 is 29.7. The van der Waals surface area contributed by atoms with E-state index in [2.05, 4.69) is 45.2 Å². The van der Waals surface area contributed by atoms with Crippen LogP contribution in [-0.2, 0) is 16.2 Å². The van der Waals surface area contributed by atoms with E-state index in [9.17, 15) is 14.0 Å².